The molecular formula is C15H21ClF4N2O2. The quantitative estimate of drug-likeness (QED) is 0.777. The molecule has 1 N–H and O–H groups in total. The maximum absolute atomic E-state index is 13.0. The molecule has 1 heterocycles. The van der Waals surface area contributed by atoms with Crippen molar-refractivity contribution >= 4 is 12.4 Å². The Morgan fingerprint density at radius 3 is 2.46 bits per heavy atom. The van der Waals surface area contributed by atoms with Gasteiger partial charge in [0.2, 0.25) is 0 Å². The van der Waals surface area contributed by atoms with Gasteiger partial charge in [-0.3, -0.25) is 9.29 Å². The zero-order valence-electron chi connectivity index (χ0n) is 13.2. The van der Waals surface area contributed by atoms with Crippen molar-refractivity contribution in [2.24, 2.45) is 0 Å². The van der Waals surface area contributed by atoms with E-state index in [1.807, 2.05) is 4.90 Å². The molecule has 1 aromatic carbocycles. The van der Waals surface area contributed by atoms with Crippen molar-refractivity contribution in [3.8, 4) is 11.5 Å². The van der Waals surface area contributed by atoms with E-state index in [9.17, 15) is 17.6 Å². The SMILES string of the molecule is COc1ccc(OC(F)(F)F)cc1[C@@H](CCF)N1CCNCC1.Cl. The van der Waals surface area contributed by atoms with Crippen molar-refractivity contribution in [1.29, 1.82) is 0 Å². The smallest absolute Gasteiger partial charge is 0.496 e. The predicted molar refractivity (Wildman–Crippen MR) is 84.7 cm³/mol. The van der Waals surface area contributed by atoms with Crippen LogP contribution in [-0.4, -0.2) is 51.2 Å². The molecule has 0 saturated carbocycles. The Balaban J connectivity index is 0.00000288. The first-order chi connectivity index (χ1) is 10.9. The largest absolute Gasteiger partial charge is 0.573 e. The fourth-order valence-electron chi connectivity index (χ4n) is 2.80. The molecule has 1 aromatic rings. The van der Waals surface area contributed by atoms with Crippen LogP contribution in [0.1, 0.15) is 18.0 Å². The number of methoxy groups -OCH3 is 1. The first-order valence-electron chi connectivity index (χ1n) is 7.39. The Morgan fingerprint density at radius 1 is 1.25 bits per heavy atom. The number of piperazine rings is 1. The molecular weight excluding hydrogens is 352 g/mol. The molecule has 0 spiro atoms. The van der Waals surface area contributed by atoms with Crippen LogP contribution in [0, 0.1) is 0 Å². The second kappa shape index (κ2) is 9.29. The molecule has 0 unspecified atom stereocenters. The number of hydrogen-bond acceptors (Lipinski definition) is 4. The zero-order chi connectivity index (χ0) is 16.9. The van der Waals surface area contributed by atoms with Crippen LogP contribution < -0.4 is 14.8 Å². The second-order valence-corrected chi connectivity index (χ2v) is 5.23. The molecule has 1 atom stereocenters. The number of halogens is 5. The monoisotopic (exact) mass is 372 g/mol. The topological polar surface area (TPSA) is 33.7 Å². The van der Waals surface area contributed by atoms with E-state index in [0.717, 1.165) is 13.1 Å². The standard InChI is InChI=1S/C15H20F4N2O2.ClH/c1-22-14-3-2-11(23-15(17,18)19)10-12(14)13(4-5-16)21-8-6-20-7-9-21;/h2-3,10,13,20H,4-9H2,1H3;1H/t13-;/m1./s1. The lowest BCUT2D eigenvalue weighted by Crippen LogP contribution is -2.45. The normalized spacial score (nSPS) is 17.0. The van der Waals surface area contributed by atoms with Gasteiger partial charge in [0.25, 0.3) is 0 Å². The fraction of sp³-hybridized carbons (Fsp3) is 0.600. The van der Waals surface area contributed by atoms with Gasteiger partial charge in [0, 0.05) is 37.8 Å². The molecule has 0 aromatic heterocycles. The molecule has 0 radical (unpaired) electrons. The van der Waals surface area contributed by atoms with Crippen molar-refractivity contribution in [1.82, 2.24) is 10.2 Å². The lowest BCUT2D eigenvalue weighted by molar-refractivity contribution is -0.274. The zero-order valence-corrected chi connectivity index (χ0v) is 14.1. The molecule has 1 fully saturated rings. The summed E-state index contributed by atoms with van der Waals surface area (Å²) in [6.45, 7) is 2.33. The third kappa shape index (κ3) is 5.68. The summed E-state index contributed by atoms with van der Waals surface area (Å²) in [6.07, 6.45) is -4.58. The highest BCUT2D eigenvalue weighted by molar-refractivity contribution is 5.85. The van der Waals surface area contributed by atoms with Gasteiger partial charge in [-0.15, -0.1) is 25.6 Å². The van der Waals surface area contributed by atoms with Crippen LogP contribution in [0.4, 0.5) is 17.6 Å². The van der Waals surface area contributed by atoms with Gasteiger partial charge in [0.05, 0.1) is 13.8 Å². The van der Waals surface area contributed by atoms with Crippen molar-refractivity contribution in [3.05, 3.63) is 23.8 Å². The van der Waals surface area contributed by atoms with Crippen molar-refractivity contribution in [2.75, 3.05) is 40.0 Å². The van der Waals surface area contributed by atoms with Crippen LogP contribution in [-0.2, 0) is 0 Å². The van der Waals surface area contributed by atoms with E-state index in [-0.39, 0.29) is 30.6 Å². The highest BCUT2D eigenvalue weighted by Gasteiger charge is 2.32. The number of benzene rings is 1. The van der Waals surface area contributed by atoms with Gasteiger partial charge in [-0.25, -0.2) is 0 Å². The summed E-state index contributed by atoms with van der Waals surface area (Å²) >= 11 is 0. The average Bonchev–Trinajstić information content (AvgIpc) is 2.52. The number of alkyl halides is 4. The third-order valence-electron chi connectivity index (χ3n) is 3.77. The van der Waals surface area contributed by atoms with Gasteiger partial charge in [-0.2, -0.15) is 0 Å². The van der Waals surface area contributed by atoms with E-state index < -0.39 is 13.0 Å². The summed E-state index contributed by atoms with van der Waals surface area (Å²) in [5, 5.41) is 3.19. The van der Waals surface area contributed by atoms with Crippen LogP contribution in [0.15, 0.2) is 18.2 Å². The highest BCUT2D eigenvalue weighted by Crippen LogP contribution is 2.36. The molecule has 0 amide bonds. The fourth-order valence-corrected chi connectivity index (χ4v) is 2.80. The molecule has 0 bridgehead atoms. The van der Waals surface area contributed by atoms with Crippen LogP contribution in [0.25, 0.3) is 0 Å². The molecule has 24 heavy (non-hydrogen) atoms. The van der Waals surface area contributed by atoms with Crippen LogP contribution in [0.2, 0.25) is 0 Å². The van der Waals surface area contributed by atoms with E-state index in [1.54, 1.807) is 0 Å². The lowest BCUT2D eigenvalue weighted by Gasteiger charge is -2.35. The molecule has 1 saturated heterocycles. The van der Waals surface area contributed by atoms with Gasteiger partial charge in [0.1, 0.15) is 11.5 Å². The van der Waals surface area contributed by atoms with Gasteiger partial charge in [-0.05, 0) is 24.6 Å². The molecule has 2 rings (SSSR count). The average molecular weight is 373 g/mol. The molecule has 0 aliphatic carbocycles. The van der Waals surface area contributed by atoms with Gasteiger partial charge in [0.15, 0.2) is 0 Å². The summed E-state index contributed by atoms with van der Waals surface area (Å²) in [5.74, 6) is 0.101. The van der Waals surface area contributed by atoms with E-state index in [2.05, 4.69) is 10.1 Å². The third-order valence-corrected chi connectivity index (χ3v) is 3.77. The molecule has 1 aliphatic rings. The number of nitrogens with one attached hydrogen (secondary N) is 1. The first-order valence-corrected chi connectivity index (χ1v) is 7.39. The molecule has 9 heteroatoms. The van der Waals surface area contributed by atoms with Gasteiger partial charge >= 0.3 is 6.36 Å². The molecule has 1 aliphatic heterocycles. The first kappa shape index (κ1) is 20.8. The van der Waals surface area contributed by atoms with Crippen molar-refractivity contribution in [2.45, 2.75) is 18.8 Å². The Bertz CT molecular complexity index is 511. The van der Waals surface area contributed by atoms with Gasteiger partial charge < -0.3 is 14.8 Å². The number of rotatable bonds is 6. The minimum atomic E-state index is -4.77. The van der Waals surface area contributed by atoms with Crippen LogP contribution in [0.3, 0.4) is 0 Å². The maximum atomic E-state index is 13.0. The Kier molecular flexibility index (Phi) is 8.05. The summed E-state index contributed by atoms with van der Waals surface area (Å²) in [6, 6.07) is 3.55. The van der Waals surface area contributed by atoms with Crippen molar-refractivity contribution in [3.63, 3.8) is 0 Å². The Hall–Kier alpha value is -1.25. The maximum Gasteiger partial charge on any atom is 0.573 e. The molecule has 4 nitrogen and oxygen atoms in total. The van der Waals surface area contributed by atoms with Gasteiger partial charge in [-0.1, -0.05) is 0 Å². The van der Waals surface area contributed by atoms with E-state index in [1.165, 1.54) is 25.3 Å². The number of hydrogen-bond donors (Lipinski definition) is 1. The minimum Gasteiger partial charge on any atom is -0.496 e. The van der Waals surface area contributed by atoms with E-state index in [4.69, 9.17) is 4.74 Å². The Morgan fingerprint density at radius 2 is 1.92 bits per heavy atom. The van der Waals surface area contributed by atoms with Crippen LogP contribution >= 0.6 is 12.4 Å². The van der Waals surface area contributed by atoms with Crippen LogP contribution in [0.5, 0.6) is 11.5 Å². The summed E-state index contributed by atoms with van der Waals surface area (Å²) in [7, 11) is 1.44. The summed E-state index contributed by atoms with van der Waals surface area (Å²) < 4.78 is 59.5. The minimum absolute atomic E-state index is 0. The summed E-state index contributed by atoms with van der Waals surface area (Å²) in [5.41, 5.74) is 0.508. The summed E-state index contributed by atoms with van der Waals surface area (Å²) in [4.78, 5) is 2.05. The highest BCUT2D eigenvalue weighted by atomic mass is 35.5. The lowest BCUT2D eigenvalue weighted by atomic mass is 10.00. The van der Waals surface area contributed by atoms with E-state index >= 15 is 0 Å². The second-order valence-electron chi connectivity index (χ2n) is 5.23. The van der Waals surface area contributed by atoms with Crippen molar-refractivity contribution < 1.29 is 27.0 Å². The van der Waals surface area contributed by atoms with E-state index in [0.29, 0.717) is 24.4 Å². The predicted octanol–water partition coefficient (Wildman–Crippen LogP) is 3.32. The number of ether oxygens (including phenoxy) is 2. The Labute approximate surface area is 144 Å². The molecule has 138 valence electrons. The number of nitrogens with zero attached hydrogens (tertiary/aromatic N) is 1.